The van der Waals surface area contributed by atoms with E-state index < -0.39 is 23.5 Å². The Balaban J connectivity index is 3.11. The van der Waals surface area contributed by atoms with E-state index in [0.29, 0.717) is 24.3 Å². The van der Waals surface area contributed by atoms with Crippen LogP contribution in [0.1, 0.15) is 38.7 Å². The normalized spacial score (nSPS) is 12.8. The highest BCUT2D eigenvalue weighted by Gasteiger charge is 2.43. The second-order valence-corrected chi connectivity index (χ2v) is 14.4. The minimum atomic E-state index is -3.31. The zero-order valence-corrected chi connectivity index (χ0v) is 17.8. The van der Waals surface area contributed by atoms with Gasteiger partial charge in [-0.2, -0.15) is 0 Å². The summed E-state index contributed by atoms with van der Waals surface area (Å²) in [5.74, 6) is -1.19. The van der Waals surface area contributed by atoms with Crippen LogP contribution >= 0.6 is 33.2 Å². The van der Waals surface area contributed by atoms with Gasteiger partial charge in [-0.25, -0.2) is 4.79 Å². The maximum Gasteiger partial charge on any atom is 0.355 e. The lowest BCUT2D eigenvalue weighted by Crippen LogP contribution is -2.30. The quantitative estimate of drug-likeness (QED) is 0.176. The summed E-state index contributed by atoms with van der Waals surface area (Å²) in [7, 11) is 0. The number of rotatable bonds is 10. The molecule has 1 atom stereocenters. The van der Waals surface area contributed by atoms with Gasteiger partial charge in [0.05, 0.1) is 12.1 Å². The van der Waals surface area contributed by atoms with E-state index in [1.54, 1.807) is 19.1 Å². The Labute approximate surface area is 168 Å². The molecule has 144 valence electrons. The van der Waals surface area contributed by atoms with Gasteiger partial charge in [-0.05, 0) is 37.1 Å². The minimum absolute atomic E-state index is 0.161. The van der Waals surface area contributed by atoms with Crippen molar-refractivity contribution in [1.29, 1.82) is 0 Å². The number of carboxylic acid groups (broad SMARTS) is 1. The minimum Gasteiger partial charge on any atom is -0.490 e. The molecule has 1 aromatic carbocycles. The molecular formula is C17H21Cl3O5Si. The van der Waals surface area contributed by atoms with Crippen molar-refractivity contribution in [2.75, 3.05) is 6.61 Å². The Hall–Kier alpha value is -1.21. The van der Waals surface area contributed by atoms with Crippen LogP contribution in [0.25, 0.3) is 6.08 Å². The Morgan fingerprint density at radius 3 is 2.46 bits per heavy atom. The number of hydrogen-bond donors (Lipinski definition) is 1. The number of carbonyl (C=O) groups excluding carboxylic acids is 1. The first-order valence-corrected chi connectivity index (χ1v) is 13.3. The highest BCUT2D eigenvalue weighted by Crippen LogP contribution is 2.40. The lowest BCUT2D eigenvalue weighted by molar-refractivity contribution is -0.134. The van der Waals surface area contributed by atoms with Crippen LogP contribution in [-0.4, -0.2) is 29.7 Å². The number of unbranched alkanes of at least 4 members (excludes halogenated alkanes) is 1. The van der Waals surface area contributed by atoms with Crippen LogP contribution in [0.2, 0.25) is 5.54 Å². The molecule has 0 amide bonds. The van der Waals surface area contributed by atoms with Gasteiger partial charge in [-0.15, -0.1) is 33.2 Å². The Bertz CT molecular complexity index is 658. The highest BCUT2D eigenvalue weighted by atomic mass is 35.8. The highest BCUT2D eigenvalue weighted by molar-refractivity contribution is 7.65. The molecule has 0 saturated heterocycles. The van der Waals surface area contributed by atoms with Crippen molar-refractivity contribution in [3.8, 4) is 11.5 Å². The Kier molecular flexibility index (Phi) is 9.50. The molecule has 0 fully saturated rings. The van der Waals surface area contributed by atoms with Crippen molar-refractivity contribution in [3.05, 3.63) is 29.8 Å². The molecule has 0 aliphatic carbocycles. The van der Waals surface area contributed by atoms with Crippen LogP contribution in [-0.2, 0) is 9.59 Å². The van der Waals surface area contributed by atoms with Gasteiger partial charge in [-0.3, -0.25) is 4.79 Å². The van der Waals surface area contributed by atoms with Crippen LogP contribution in [0.5, 0.6) is 11.5 Å². The Morgan fingerprint density at radius 1 is 1.23 bits per heavy atom. The number of ether oxygens (including phenoxy) is 2. The third kappa shape index (κ3) is 7.58. The maximum atomic E-state index is 12.6. The van der Waals surface area contributed by atoms with Crippen LogP contribution < -0.4 is 9.47 Å². The van der Waals surface area contributed by atoms with Crippen molar-refractivity contribution in [1.82, 2.24) is 0 Å². The molecule has 0 aliphatic heterocycles. The summed E-state index contributed by atoms with van der Waals surface area (Å²) < 4.78 is 10.9. The van der Waals surface area contributed by atoms with Gasteiger partial charge in [0.15, 0.2) is 11.5 Å². The number of carboxylic acids is 1. The van der Waals surface area contributed by atoms with Crippen molar-refractivity contribution < 1.29 is 24.2 Å². The predicted molar refractivity (Wildman–Crippen MR) is 107 cm³/mol. The van der Waals surface area contributed by atoms with Gasteiger partial charge in [0.1, 0.15) is 0 Å². The van der Waals surface area contributed by atoms with Gasteiger partial charge < -0.3 is 14.6 Å². The fraction of sp³-hybridized carbons (Fsp3) is 0.412. The lowest BCUT2D eigenvalue weighted by Gasteiger charge is -2.21. The van der Waals surface area contributed by atoms with Crippen molar-refractivity contribution in [3.63, 3.8) is 0 Å². The first-order chi connectivity index (χ1) is 12.2. The standard InChI is InChI=1S/C17H21Cl3O5Si/c1-3-5-6-15(26(18,19)20)17(23)25-14-11-12(8-10-16(21)22)7-9-13(14)24-4-2/h7-11,15H,3-6H2,1-2H3,(H,21,22)/b10-8+. The summed E-state index contributed by atoms with van der Waals surface area (Å²) in [5, 5.41) is 8.74. The molecule has 0 radical (unpaired) electrons. The van der Waals surface area contributed by atoms with E-state index in [4.69, 9.17) is 47.8 Å². The third-order valence-corrected chi connectivity index (χ3v) is 7.11. The largest absolute Gasteiger partial charge is 0.490 e. The second-order valence-electron chi connectivity index (χ2n) is 5.47. The molecule has 1 rings (SSSR count). The van der Waals surface area contributed by atoms with E-state index in [1.165, 1.54) is 12.1 Å². The smallest absolute Gasteiger partial charge is 0.355 e. The van der Waals surface area contributed by atoms with E-state index in [2.05, 4.69) is 0 Å². The fourth-order valence-corrected chi connectivity index (χ4v) is 4.79. The van der Waals surface area contributed by atoms with Gasteiger partial charge in [0.25, 0.3) is 0 Å². The molecule has 0 saturated carbocycles. The van der Waals surface area contributed by atoms with Gasteiger partial charge in [0, 0.05) is 6.08 Å². The average molecular weight is 440 g/mol. The van der Waals surface area contributed by atoms with Gasteiger partial charge in [-0.1, -0.05) is 25.8 Å². The molecular weight excluding hydrogens is 419 g/mol. The van der Waals surface area contributed by atoms with Gasteiger partial charge in [0.2, 0.25) is 0 Å². The number of benzene rings is 1. The number of hydrogen-bond acceptors (Lipinski definition) is 4. The molecule has 0 aromatic heterocycles. The molecule has 1 N–H and O–H groups in total. The fourth-order valence-electron chi connectivity index (χ4n) is 2.15. The SMILES string of the molecule is CCCCC(C(=O)Oc1cc(/C=C/C(=O)O)ccc1OCC)[Si](Cl)(Cl)Cl. The molecule has 9 heteroatoms. The molecule has 0 heterocycles. The molecule has 26 heavy (non-hydrogen) atoms. The summed E-state index contributed by atoms with van der Waals surface area (Å²) in [6, 6.07) is 1.45. The van der Waals surface area contributed by atoms with Crippen LogP contribution in [0.3, 0.4) is 0 Å². The molecule has 0 bridgehead atoms. The lowest BCUT2D eigenvalue weighted by atomic mass is 10.1. The topological polar surface area (TPSA) is 72.8 Å². The monoisotopic (exact) mass is 438 g/mol. The summed E-state index contributed by atoms with van der Waals surface area (Å²) in [6.07, 6.45) is 4.40. The number of carbonyl (C=O) groups is 2. The maximum absolute atomic E-state index is 12.6. The molecule has 5 nitrogen and oxygen atoms in total. The molecule has 0 spiro atoms. The molecule has 1 unspecified atom stereocenters. The van der Waals surface area contributed by atoms with E-state index in [1.807, 2.05) is 6.92 Å². The van der Waals surface area contributed by atoms with E-state index in [0.717, 1.165) is 18.9 Å². The van der Waals surface area contributed by atoms with Crippen molar-refractivity contribution in [2.24, 2.45) is 0 Å². The van der Waals surface area contributed by atoms with E-state index in [9.17, 15) is 9.59 Å². The number of halogens is 3. The van der Waals surface area contributed by atoms with Crippen molar-refractivity contribution >= 4 is 57.3 Å². The zero-order valence-electron chi connectivity index (χ0n) is 14.5. The number of aliphatic carboxylic acids is 1. The summed E-state index contributed by atoms with van der Waals surface area (Å²) in [6.45, 7) is 4.14. The van der Waals surface area contributed by atoms with Crippen molar-refractivity contribution in [2.45, 2.75) is 38.7 Å². The predicted octanol–water partition coefficient (Wildman–Crippen LogP) is 5.30. The zero-order chi connectivity index (χ0) is 19.7. The summed E-state index contributed by atoms with van der Waals surface area (Å²) in [5.41, 5.74) is -0.255. The van der Waals surface area contributed by atoms with Crippen LogP contribution in [0.4, 0.5) is 0 Å². The first-order valence-electron chi connectivity index (χ1n) is 8.15. The summed E-state index contributed by atoms with van der Waals surface area (Å²) >= 11 is 18.2. The first kappa shape index (κ1) is 22.8. The average Bonchev–Trinajstić information content (AvgIpc) is 2.54. The molecule has 0 aliphatic rings. The van der Waals surface area contributed by atoms with E-state index >= 15 is 0 Å². The van der Waals surface area contributed by atoms with Crippen LogP contribution in [0.15, 0.2) is 24.3 Å². The second kappa shape index (κ2) is 10.8. The third-order valence-electron chi connectivity index (χ3n) is 3.42. The Morgan fingerprint density at radius 2 is 1.92 bits per heavy atom. The van der Waals surface area contributed by atoms with E-state index in [-0.39, 0.29) is 5.75 Å². The summed E-state index contributed by atoms with van der Waals surface area (Å²) in [4.78, 5) is 23.3. The van der Waals surface area contributed by atoms with Gasteiger partial charge >= 0.3 is 17.9 Å². The molecule has 1 aromatic rings. The number of esters is 1. The van der Waals surface area contributed by atoms with Crippen LogP contribution in [0, 0.1) is 0 Å².